The van der Waals surface area contributed by atoms with E-state index in [4.69, 9.17) is 21.3 Å². The van der Waals surface area contributed by atoms with Crippen molar-refractivity contribution in [3.63, 3.8) is 0 Å². The van der Waals surface area contributed by atoms with Crippen LogP contribution >= 0.6 is 11.6 Å². The van der Waals surface area contributed by atoms with Gasteiger partial charge in [-0.3, -0.25) is 9.88 Å². The molecule has 32 heavy (non-hydrogen) atoms. The van der Waals surface area contributed by atoms with Gasteiger partial charge in [-0.25, -0.2) is 0 Å². The van der Waals surface area contributed by atoms with E-state index in [2.05, 4.69) is 41.3 Å². The van der Waals surface area contributed by atoms with E-state index in [1.165, 1.54) is 65.6 Å². The van der Waals surface area contributed by atoms with E-state index in [0.29, 0.717) is 5.92 Å². The zero-order valence-corrected chi connectivity index (χ0v) is 19.6. The minimum absolute atomic E-state index is 0.494. The third-order valence-corrected chi connectivity index (χ3v) is 7.23. The summed E-state index contributed by atoms with van der Waals surface area (Å²) in [6.45, 7) is 3.16. The Balaban J connectivity index is 1.25. The lowest BCUT2D eigenvalue weighted by Crippen LogP contribution is -2.34. The van der Waals surface area contributed by atoms with Crippen molar-refractivity contribution in [2.45, 2.75) is 51.0 Å². The zero-order valence-electron chi connectivity index (χ0n) is 18.8. The van der Waals surface area contributed by atoms with Gasteiger partial charge in [-0.1, -0.05) is 35.9 Å². The number of hydrogen-bond donors (Lipinski definition) is 0. The molecule has 0 spiro atoms. The van der Waals surface area contributed by atoms with E-state index >= 15 is 0 Å². The molecule has 1 saturated heterocycles. The molecule has 1 atom stereocenters. The Labute approximate surface area is 196 Å². The Bertz CT molecular complexity index is 1060. The molecule has 0 N–H and O–H groups in total. The largest absolute Gasteiger partial charge is 0.496 e. The van der Waals surface area contributed by atoms with Crippen LogP contribution in [0.2, 0.25) is 5.02 Å². The highest BCUT2D eigenvalue weighted by molar-refractivity contribution is 6.30. The highest BCUT2D eigenvalue weighted by Gasteiger charge is 2.24. The first-order valence-corrected chi connectivity index (χ1v) is 12.2. The molecule has 3 nitrogen and oxygen atoms in total. The number of likely N-dealkylation sites (tertiary alicyclic amines) is 1. The van der Waals surface area contributed by atoms with Gasteiger partial charge in [0.2, 0.25) is 0 Å². The van der Waals surface area contributed by atoms with Crippen molar-refractivity contribution >= 4 is 11.6 Å². The maximum atomic E-state index is 6.00. The van der Waals surface area contributed by atoms with Gasteiger partial charge in [0.15, 0.2) is 0 Å². The molecule has 2 heterocycles. The van der Waals surface area contributed by atoms with E-state index in [1.807, 2.05) is 18.3 Å². The number of hydrogen-bond acceptors (Lipinski definition) is 3. The Morgan fingerprint density at radius 2 is 1.78 bits per heavy atom. The first-order valence-electron chi connectivity index (χ1n) is 11.8. The molecule has 0 bridgehead atoms. The number of aryl methyl sites for hydroxylation is 2. The summed E-state index contributed by atoms with van der Waals surface area (Å²) in [7, 11) is 1.80. The second kappa shape index (κ2) is 9.64. The Kier molecular flexibility index (Phi) is 6.47. The molecule has 166 valence electrons. The molecular formula is C28H31ClN2O. The number of benzene rings is 2. The molecule has 0 amide bonds. The Morgan fingerprint density at radius 3 is 2.53 bits per heavy atom. The molecule has 2 aromatic carbocycles. The molecule has 0 saturated carbocycles. The van der Waals surface area contributed by atoms with E-state index < -0.39 is 0 Å². The molecule has 0 unspecified atom stereocenters. The molecule has 1 aliphatic carbocycles. The fraction of sp³-hybridized carbons (Fsp3) is 0.393. The third-order valence-electron chi connectivity index (χ3n) is 6.98. The highest BCUT2D eigenvalue weighted by Crippen LogP contribution is 2.33. The highest BCUT2D eigenvalue weighted by atomic mass is 35.5. The molecular weight excluding hydrogens is 416 g/mol. The van der Waals surface area contributed by atoms with E-state index in [9.17, 15) is 0 Å². The number of fused-ring (bicyclic) bond motifs is 1. The van der Waals surface area contributed by atoms with Crippen LogP contribution in [0.4, 0.5) is 0 Å². The lowest BCUT2D eigenvalue weighted by Gasteiger charge is -2.33. The van der Waals surface area contributed by atoms with Crippen LogP contribution in [0.3, 0.4) is 0 Å². The molecule has 3 aromatic rings. The van der Waals surface area contributed by atoms with E-state index in [-0.39, 0.29) is 0 Å². The summed E-state index contributed by atoms with van der Waals surface area (Å²) in [5.41, 5.74) is 8.05. The summed E-state index contributed by atoms with van der Waals surface area (Å²) in [4.78, 5) is 7.44. The fourth-order valence-electron chi connectivity index (χ4n) is 5.27. The summed E-state index contributed by atoms with van der Waals surface area (Å²) >= 11 is 6.00. The smallest absolute Gasteiger partial charge is 0.123 e. The van der Waals surface area contributed by atoms with Gasteiger partial charge in [0.25, 0.3) is 0 Å². The van der Waals surface area contributed by atoms with Crippen molar-refractivity contribution in [2.75, 3.05) is 20.2 Å². The lowest BCUT2D eigenvalue weighted by molar-refractivity contribution is 0.196. The number of piperidine rings is 1. The van der Waals surface area contributed by atoms with Crippen molar-refractivity contribution in [3.8, 4) is 5.75 Å². The van der Waals surface area contributed by atoms with E-state index in [0.717, 1.165) is 36.8 Å². The Morgan fingerprint density at radius 1 is 1.00 bits per heavy atom. The first-order chi connectivity index (χ1) is 15.7. The van der Waals surface area contributed by atoms with Crippen LogP contribution < -0.4 is 4.74 Å². The van der Waals surface area contributed by atoms with Gasteiger partial charge in [-0.2, -0.15) is 0 Å². The summed E-state index contributed by atoms with van der Waals surface area (Å²) in [5.74, 6) is 1.55. The minimum atomic E-state index is 0.494. The van der Waals surface area contributed by atoms with E-state index in [1.54, 1.807) is 7.11 Å². The maximum Gasteiger partial charge on any atom is 0.123 e. The summed E-state index contributed by atoms with van der Waals surface area (Å²) in [5, 5.41) is 0.779. The Hall–Kier alpha value is -2.36. The molecule has 4 heteroatoms. The van der Waals surface area contributed by atoms with Crippen molar-refractivity contribution in [2.24, 2.45) is 0 Å². The minimum Gasteiger partial charge on any atom is -0.496 e. The molecule has 0 radical (unpaired) electrons. The number of nitrogens with zero attached hydrogens (tertiary/aromatic N) is 2. The maximum absolute atomic E-state index is 6.00. The van der Waals surface area contributed by atoms with Crippen LogP contribution in [-0.4, -0.2) is 30.1 Å². The third kappa shape index (κ3) is 4.84. The number of aromatic nitrogens is 1. The van der Waals surface area contributed by atoms with Gasteiger partial charge in [0, 0.05) is 41.5 Å². The molecule has 1 aliphatic heterocycles. The van der Waals surface area contributed by atoms with Crippen LogP contribution in [0.1, 0.15) is 58.7 Å². The quantitative estimate of drug-likeness (QED) is 0.450. The van der Waals surface area contributed by atoms with Crippen molar-refractivity contribution in [1.29, 1.82) is 0 Å². The van der Waals surface area contributed by atoms with Crippen molar-refractivity contribution < 1.29 is 4.74 Å². The molecule has 5 rings (SSSR count). The summed E-state index contributed by atoms with van der Waals surface area (Å²) in [6.07, 6.45) is 9.03. The second-order valence-corrected chi connectivity index (χ2v) is 9.69. The van der Waals surface area contributed by atoms with Gasteiger partial charge in [0.1, 0.15) is 5.75 Å². The van der Waals surface area contributed by atoms with Crippen LogP contribution in [0.15, 0.2) is 54.7 Å². The molecule has 2 aliphatic rings. The zero-order chi connectivity index (χ0) is 21.9. The standard InChI is InChI=1S/C28H31ClN2O/c1-32-28-16-23-5-2-4-22(23)15-25(28)19-31-13-3-6-24(18-31)27-12-9-21(17-30-27)14-20-7-10-26(29)11-8-20/h7-12,15-17,24H,2-6,13-14,18-19H2,1H3/t24-/m1/s1. The van der Waals surface area contributed by atoms with Crippen LogP contribution in [-0.2, 0) is 25.8 Å². The monoisotopic (exact) mass is 446 g/mol. The van der Waals surface area contributed by atoms with Gasteiger partial charge < -0.3 is 4.74 Å². The van der Waals surface area contributed by atoms with Gasteiger partial charge >= 0.3 is 0 Å². The molecule has 1 aromatic heterocycles. The van der Waals surface area contributed by atoms with Gasteiger partial charge in [-0.05, 0) is 91.6 Å². The van der Waals surface area contributed by atoms with Crippen LogP contribution in [0.5, 0.6) is 5.75 Å². The van der Waals surface area contributed by atoms with Crippen molar-refractivity contribution in [3.05, 3.63) is 93.3 Å². The number of ether oxygens (including phenoxy) is 1. The normalized spacial score (nSPS) is 18.5. The number of methoxy groups -OCH3 is 1. The fourth-order valence-corrected chi connectivity index (χ4v) is 5.39. The predicted molar refractivity (Wildman–Crippen MR) is 131 cm³/mol. The summed E-state index contributed by atoms with van der Waals surface area (Å²) < 4.78 is 5.75. The topological polar surface area (TPSA) is 25.4 Å². The molecule has 1 fully saturated rings. The predicted octanol–water partition coefficient (Wildman–Crippen LogP) is 6.20. The lowest BCUT2D eigenvalue weighted by atomic mass is 9.93. The number of rotatable bonds is 6. The van der Waals surface area contributed by atoms with Crippen LogP contribution in [0, 0.1) is 0 Å². The second-order valence-electron chi connectivity index (χ2n) is 9.26. The van der Waals surface area contributed by atoms with Crippen molar-refractivity contribution in [1.82, 2.24) is 9.88 Å². The van der Waals surface area contributed by atoms with Gasteiger partial charge in [0.05, 0.1) is 7.11 Å². The SMILES string of the molecule is COc1cc2c(cc1CN1CCC[C@@H](c3ccc(Cc4ccc(Cl)cc4)cn3)C1)CCC2. The average molecular weight is 447 g/mol. The summed E-state index contributed by atoms with van der Waals surface area (Å²) in [6, 6.07) is 17.2. The van der Waals surface area contributed by atoms with Gasteiger partial charge in [-0.15, -0.1) is 0 Å². The number of pyridine rings is 1. The van der Waals surface area contributed by atoms with Crippen LogP contribution in [0.25, 0.3) is 0 Å². The first kappa shape index (κ1) is 21.5. The number of halogens is 1. The average Bonchev–Trinajstić information content (AvgIpc) is 3.28.